The molecule has 3 nitrogen and oxygen atoms in total. The van der Waals surface area contributed by atoms with Crippen molar-refractivity contribution in [2.45, 2.75) is 85.9 Å². The lowest BCUT2D eigenvalue weighted by molar-refractivity contribution is 0.219. The number of nitrogens with zero attached hydrogens (tertiary/aromatic N) is 2. The van der Waals surface area contributed by atoms with Gasteiger partial charge in [0.2, 0.25) is 0 Å². The highest BCUT2D eigenvalue weighted by atomic mass is 32.2. The molecule has 0 amide bonds. The van der Waals surface area contributed by atoms with E-state index in [9.17, 15) is 0 Å². The summed E-state index contributed by atoms with van der Waals surface area (Å²) in [7, 11) is 0. The van der Waals surface area contributed by atoms with Crippen LogP contribution in [0, 0.1) is 11.8 Å². The van der Waals surface area contributed by atoms with Crippen molar-refractivity contribution >= 4 is 34.5 Å². The van der Waals surface area contributed by atoms with E-state index in [1.165, 1.54) is 82.9 Å². The minimum absolute atomic E-state index is 0.0232. The van der Waals surface area contributed by atoms with Crippen LogP contribution in [0.5, 0.6) is 0 Å². The van der Waals surface area contributed by atoms with Gasteiger partial charge in [-0.05, 0) is 90.8 Å². The number of furan rings is 1. The Kier molecular flexibility index (Phi) is 5.34. The largest absolute Gasteiger partial charge is 0.469 e. The Morgan fingerprint density at radius 3 is 2.24 bits per heavy atom. The molecule has 6 unspecified atom stereocenters. The quantitative estimate of drug-likeness (QED) is 0.244. The van der Waals surface area contributed by atoms with Crippen LogP contribution in [0.15, 0.2) is 94.6 Å². The Balaban J connectivity index is 1.03. The van der Waals surface area contributed by atoms with Crippen LogP contribution >= 0.6 is 11.8 Å². The lowest BCUT2D eigenvalue weighted by Crippen LogP contribution is -2.48. The van der Waals surface area contributed by atoms with Gasteiger partial charge in [-0.3, -0.25) is 0 Å². The van der Waals surface area contributed by atoms with Crippen LogP contribution < -0.4 is 9.80 Å². The number of benzene rings is 3. The first-order valence-corrected chi connectivity index (χ1v) is 16.6. The average Bonchev–Trinajstić information content (AvgIpc) is 3.61. The van der Waals surface area contributed by atoms with Gasteiger partial charge in [-0.15, -0.1) is 11.8 Å². The molecule has 4 heterocycles. The predicted molar refractivity (Wildman–Crippen MR) is 169 cm³/mol. The van der Waals surface area contributed by atoms with Gasteiger partial charge in [0.05, 0.1) is 22.0 Å². The first-order valence-electron chi connectivity index (χ1n) is 15.7. The number of fused-ring (bicyclic) bond motifs is 7. The van der Waals surface area contributed by atoms with E-state index in [1.54, 1.807) is 0 Å². The summed E-state index contributed by atoms with van der Waals surface area (Å²) in [6, 6.07) is 29.0. The Hall–Kier alpha value is -3.11. The second-order valence-corrected chi connectivity index (χ2v) is 14.9. The highest BCUT2D eigenvalue weighted by molar-refractivity contribution is 8.00. The monoisotopic (exact) mass is 558 g/mol. The fraction of sp³-hybridized carbons (Fsp3) is 0.405. The van der Waals surface area contributed by atoms with Crippen molar-refractivity contribution in [1.29, 1.82) is 0 Å². The van der Waals surface area contributed by atoms with E-state index < -0.39 is 0 Å². The van der Waals surface area contributed by atoms with Gasteiger partial charge in [0.15, 0.2) is 0 Å². The standard InChI is InChI=1S/C37H38N2OS/c1-37(2)28-9-3-5-11-31(28)38(32-12-6-4-10-29(32)37)25-17-14-23(15-18-25)24-16-19-30-27(20-24)26-8-7-13-34-36(26)39(30)33-21-40-22-35(33)41-34/h3-6,9-12,14-15,17-18,21-22,24,26-27,30,34,36H,7-8,13,16,19-20H2,1-2H3. The van der Waals surface area contributed by atoms with Crippen LogP contribution in [0.2, 0.25) is 0 Å². The molecule has 208 valence electrons. The van der Waals surface area contributed by atoms with Gasteiger partial charge in [0.1, 0.15) is 12.5 Å². The van der Waals surface area contributed by atoms with Crippen LogP contribution in [0.4, 0.5) is 22.7 Å². The zero-order valence-corrected chi connectivity index (χ0v) is 24.8. The summed E-state index contributed by atoms with van der Waals surface area (Å²) in [6.45, 7) is 4.72. The van der Waals surface area contributed by atoms with Crippen molar-refractivity contribution < 1.29 is 4.42 Å². The smallest absolute Gasteiger partial charge is 0.115 e. The minimum atomic E-state index is -0.0232. The lowest BCUT2D eigenvalue weighted by atomic mass is 9.69. The third-order valence-corrected chi connectivity index (χ3v) is 12.7. The van der Waals surface area contributed by atoms with Gasteiger partial charge in [0, 0.05) is 28.4 Å². The van der Waals surface area contributed by atoms with Gasteiger partial charge in [-0.1, -0.05) is 68.8 Å². The van der Waals surface area contributed by atoms with E-state index in [4.69, 9.17) is 4.42 Å². The highest BCUT2D eigenvalue weighted by Crippen LogP contribution is 2.60. The maximum Gasteiger partial charge on any atom is 0.115 e. The van der Waals surface area contributed by atoms with E-state index in [1.807, 2.05) is 12.5 Å². The molecule has 0 N–H and O–H groups in total. The van der Waals surface area contributed by atoms with E-state index in [0.29, 0.717) is 18.0 Å². The molecule has 0 bridgehead atoms. The second kappa shape index (κ2) is 8.94. The topological polar surface area (TPSA) is 19.6 Å². The summed E-state index contributed by atoms with van der Waals surface area (Å²) in [4.78, 5) is 6.71. The lowest BCUT2D eigenvalue weighted by Gasteiger charge is -2.44. The minimum Gasteiger partial charge on any atom is -0.469 e. The number of thioether (sulfide) groups is 1. The van der Waals surface area contributed by atoms with Crippen molar-refractivity contribution in [3.63, 3.8) is 0 Å². The van der Waals surface area contributed by atoms with E-state index in [-0.39, 0.29) is 5.41 Å². The maximum atomic E-state index is 5.74. The number of hydrogen-bond donors (Lipinski definition) is 0. The summed E-state index contributed by atoms with van der Waals surface area (Å²) < 4.78 is 5.74. The number of para-hydroxylation sites is 2. The van der Waals surface area contributed by atoms with E-state index in [2.05, 4.69) is 108 Å². The third kappa shape index (κ3) is 3.46. The molecule has 3 aromatic carbocycles. The molecule has 41 heavy (non-hydrogen) atoms. The third-order valence-electron chi connectivity index (χ3n) is 11.4. The van der Waals surface area contributed by atoms with Gasteiger partial charge in [-0.2, -0.15) is 0 Å². The molecule has 3 fully saturated rings. The molecule has 1 aromatic heterocycles. The Labute approximate surface area is 247 Å². The first-order chi connectivity index (χ1) is 20.1. The Bertz CT molecular complexity index is 1570. The molecule has 6 atom stereocenters. The summed E-state index contributed by atoms with van der Waals surface area (Å²) in [6.07, 6.45) is 12.1. The molecule has 0 spiro atoms. The highest BCUT2D eigenvalue weighted by Gasteiger charge is 2.56. The van der Waals surface area contributed by atoms with Crippen LogP contribution in [0.1, 0.15) is 75.0 Å². The Morgan fingerprint density at radius 2 is 1.49 bits per heavy atom. The molecule has 9 rings (SSSR count). The first kappa shape index (κ1) is 24.5. The summed E-state index contributed by atoms with van der Waals surface area (Å²) in [5.41, 5.74) is 9.55. The Morgan fingerprint density at radius 1 is 0.756 bits per heavy atom. The fourth-order valence-corrected chi connectivity index (χ4v) is 11.0. The maximum absolute atomic E-state index is 5.74. The van der Waals surface area contributed by atoms with E-state index in [0.717, 1.165) is 17.1 Å². The van der Waals surface area contributed by atoms with Gasteiger partial charge in [0.25, 0.3) is 0 Å². The molecular formula is C37H38N2OS. The van der Waals surface area contributed by atoms with Gasteiger partial charge in [-0.25, -0.2) is 0 Å². The number of hydrogen-bond acceptors (Lipinski definition) is 4. The van der Waals surface area contributed by atoms with Crippen molar-refractivity contribution in [3.8, 4) is 0 Å². The summed E-state index contributed by atoms with van der Waals surface area (Å²) >= 11 is 2.10. The van der Waals surface area contributed by atoms with E-state index >= 15 is 0 Å². The molecule has 2 saturated carbocycles. The van der Waals surface area contributed by atoms with Crippen molar-refractivity contribution in [3.05, 3.63) is 102 Å². The second-order valence-electron chi connectivity index (χ2n) is 13.6. The molecule has 3 aliphatic heterocycles. The molecular weight excluding hydrogens is 520 g/mol. The molecule has 5 aliphatic rings. The van der Waals surface area contributed by atoms with Crippen molar-refractivity contribution in [2.24, 2.45) is 11.8 Å². The molecule has 4 heteroatoms. The summed E-state index contributed by atoms with van der Waals surface area (Å²) in [5.74, 6) is 2.29. The van der Waals surface area contributed by atoms with Crippen LogP contribution in [0.3, 0.4) is 0 Å². The summed E-state index contributed by atoms with van der Waals surface area (Å²) in [5, 5.41) is 0.738. The van der Waals surface area contributed by atoms with Gasteiger partial charge < -0.3 is 14.2 Å². The number of anilines is 4. The normalized spacial score (nSPS) is 30.6. The molecule has 4 aromatic rings. The predicted octanol–water partition coefficient (Wildman–Crippen LogP) is 9.80. The molecule has 0 radical (unpaired) electrons. The zero-order chi connectivity index (χ0) is 27.3. The van der Waals surface area contributed by atoms with Crippen LogP contribution in [0.25, 0.3) is 0 Å². The van der Waals surface area contributed by atoms with Crippen molar-refractivity contribution in [1.82, 2.24) is 0 Å². The van der Waals surface area contributed by atoms with Gasteiger partial charge >= 0.3 is 0 Å². The number of rotatable bonds is 2. The SMILES string of the molecule is CC1(C)c2ccccc2N(c2ccc(C3CCC4C(C3)C3CCCC5Sc6cocc6N4C53)cc2)c2ccccc21. The molecule has 1 saturated heterocycles. The molecule has 2 aliphatic carbocycles. The fourth-order valence-electron chi connectivity index (χ4n) is 9.57. The van der Waals surface area contributed by atoms with Crippen LogP contribution in [-0.2, 0) is 5.41 Å². The average molecular weight is 559 g/mol. The zero-order valence-electron chi connectivity index (χ0n) is 24.0. The van der Waals surface area contributed by atoms with Crippen molar-refractivity contribution in [2.75, 3.05) is 9.80 Å². The van der Waals surface area contributed by atoms with Crippen LogP contribution in [-0.4, -0.2) is 17.3 Å².